The minimum atomic E-state index is -0.688. The number of aliphatic imine (C=N–C) groups is 1. The quantitative estimate of drug-likeness (QED) is 0.779. The van der Waals surface area contributed by atoms with Crippen molar-refractivity contribution < 1.29 is 9.90 Å². The summed E-state index contributed by atoms with van der Waals surface area (Å²) < 4.78 is 0. The Morgan fingerprint density at radius 1 is 1.45 bits per heavy atom. The molecule has 1 heterocycles. The molecule has 0 aromatic rings. The summed E-state index contributed by atoms with van der Waals surface area (Å²) in [5, 5.41) is 12.2. The summed E-state index contributed by atoms with van der Waals surface area (Å²) >= 11 is 0. The highest BCUT2D eigenvalue weighted by atomic mass is 16.4. The first kappa shape index (κ1) is 18.7. The Hall–Kier alpha value is -1.32. The first-order chi connectivity index (χ1) is 9.59. The minimum Gasteiger partial charge on any atom is -0.481 e. The zero-order valence-corrected chi connectivity index (χ0v) is 13.4. The SMILES string of the molecule is CC.CC(C)C/C1=C/CCC(C(=O)O)CCNC=NC1. The van der Waals surface area contributed by atoms with E-state index in [1.54, 1.807) is 6.34 Å². The van der Waals surface area contributed by atoms with Crippen LogP contribution in [0.4, 0.5) is 0 Å². The lowest BCUT2D eigenvalue weighted by Gasteiger charge is -2.11. The van der Waals surface area contributed by atoms with Gasteiger partial charge in [0.05, 0.1) is 18.8 Å². The van der Waals surface area contributed by atoms with Crippen molar-refractivity contribution in [1.29, 1.82) is 0 Å². The van der Waals surface area contributed by atoms with Gasteiger partial charge in [-0.3, -0.25) is 9.79 Å². The highest BCUT2D eigenvalue weighted by molar-refractivity contribution is 5.70. The summed E-state index contributed by atoms with van der Waals surface area (Å²) in [5.41, 5.74) is 1.31. The largest absolute Gasteiger partial charge is 0.481 e. The maximum atomic E-state index is 11.1. The van der Waals surface area contributed by atoms with Gasteiger partial charge in [0.2, 0.25) is 0 Å². The normalized spacial score (nSPS) is 22.6. The Kier molecular flexibility index (Phi) is 10.7. The van der Waals surface area contributed by atoms with Crippen molar-refractivity contribution in [2.75, 3.05) is 13.1 Å². The molecule has 0 aromatic carbocycles. The summed E-state index contributed by atoms with van der Waals surface area (Å²) in [6, 6.07) is 0. The molecule has 4 nitrogen and oxygen atoms in total. The fraction of sp³-hybridized carbons (Fsp3) is 0.750. The second-order valence-corrected chi connectivity index (χ2v) is 5.29. The Morgan fingerprint density at radius 2 is 2.15 bits per heavy atom. The van der Waals surface area contributed by atoms with Crippen LogP contribution in [0.2, 0.25) is 0 Å². The smallest absolute Gasteiger partial charge is 0.306 e. The average molecular weight is 282 g/mol. The molecule has 0 fully saturated rings. The van der Waals surface area contributed by atoms with Gasteiger partial charge in [-0.05, 0) is 31.6 Å². The zero-order chi connectivity index (χ0) is 15.4. The molecule has 0 radical (unpaired) electrons. The molecule has 0 bridgehead atoms. The van der Waals surface area contributed by atoms with E-state index in [1.165, 1.54) is 5.57 Å². The number of allylic oxidation sites excluding steroid dienone is 1. The highest BCUT2D eigenvalue weighted by Crippen LogP contribution is 2.16. The summed E-state index contributed by atoms with van der Waals surface area (Å²) in [4.78, 5) is 15.4. The van der Waals surface area contributed by atoms with Gasteiger partial charge in [-0.25, -0.2) is 0 Å². The van der Waals surface area contributed by atoms with Crippen molar-refractivity contribution in [3.8, 4) is 0 Å². The molecule has 20 heavy (non-hydrogen) atoms. The van der Waals surface area contributed by atoms with E-state index in [0.29, 0.717) is 18.9 Å². The van der Waals surface area contributed by atoms with Gasteiger partial charge >= 0.3 is 5.97 Å². The number of hydrogen-bond acceptors (Lipinski definition) is 3. The van der Waals surface area contributed by atoms with Crippen molar-refractivity contribution in [3.05, 3.63) is 11.6 Å². The van der Waals surface area contributed by atoms with Crippen LogP contribution in [0.3, 0.4) is 0 Å². The Balaban J connectivity index is 0.00000172. The van der Waals surface area contributed by atoms with E-state index in [2.05, 4.69) is 30.2 Å². The molecule has 2 N–H and O–H groups in total. The molecular weight excluding hydrogens is 252 g/mol. The lowest BCUT2D eigenvalue weighted by molar-refractivity contribution is -0.142. The van der Waals surface area contributed by atoms with Crippen LogP contribution >= 0.6 is 0 Å². The first-order valence-corrected chi connectivity index (χ1v) is 7.72. The number of aliphatic carboxylic acids is 1. The molecular formula is C16H30N2O2. The molecule has 0 aromatic heterocycles. The van der Waals surface area contributed by atoms with E-state index in [9.17, 15) is 4.79 Å². The van der Waals surface area contributed by atoms with Crippen LogP contribution < -0.4 is 5.32 Å². The van der Waals surface area contributed by atoms with Crippen LogP contribution in [0.5, 0.6) is 0 Å². The molecule has 116 valence electrons. The van der Waals surface area contributed by atoms with Crippen LogP contribution in [0, 0.1) is 11.8 Å². The Bertz CT molecular complexity index is 322. The van der Waals surface area contributed by atoms with Crippen LogP contribution in [0.1, 0.15) is 53.4 Å². The van der Waals surface area contributed by atoms with Crippen LogP contribution in [0.15, 0.2) is 16.6 Å². The molecule has 1 aliphatic rings. The number of rotatable bonds is 3. The second kappa shape index (κ2) is 11.5. The maximum Gasteiger partial charge on any atom is 0.306 e. The predicted molar refractivity (Wildman–Crippen MR) is 85.2 cm³/mol. The minimum absolute atomic E-state index is 0.249. The fourth-order valence-corrected chi connectivity index (χ4v) is 2.17. The van der Waals surface area contributed by atoms with Gasteiger partial charge in [-0.1, -0.05) is 39.3 Å². The van der Waals surface area contributed by atoms with Crippen LogP contribution in [-0.4, -0.2) is 30.5 Å². The van der Waals surface area contributed by atoms with Gasteiger partial charge < -0.3 is 10.4 Å². The van der Waals surface area contributed by atoms with Crippen molar-refractivity contribution in [2.45, 2.75) is 53.4 Å². The van der Waals surface area contributed by atoms with E-state index >= 15 is 0 Å². The summed E-state index contributed by atoms with van der Waals surface area (Å²) in [6.07, 6.45) is 7.15. The Morgan fingerprint density at radius 3 is 2.75 bits per heavy atom. The lowest BCUT2D eigenvalue weighted by Crippen LogP contribution is -2.21. The molecule has 0 saturated heterocycles. The number of carboxylic acids is 1. The van der Waals surface area contributed by atoms with Crippen molar-refractivity contribution in [1.82, 2.24) is 5.32 Å². The molecule has 0 amide bonds. The van der Waals surface area contributed by atoms with Crippen molar-refractivity contribution in [2.24, 2.45) is 16.8 Å². The lowest BCUT2D eigenvalue weighted by atomic mass is 9.97. The van der Waals surface area contributed by atoms with Gasteiger partial charge in [0.15, 0.2) is 0 Å². The van der Waals surface area contributed by atoms with Gasteiger partial charge in [-0.15, -0.1) is 0 Å². The molecule has 4 heteroatoms. The number of nitrogens with one attached hydrogen (secondary N) is 1. The summed E-state index contributed by atoms with van der Waals surface area (Å²) in [6.45, 7) is 9.78. The molecule has 1 rings (SSSR count). The third-order valence-corrected chi connectivity index (χ3v) is 3.08. The summed E-state index contributed by atoms with van der Waals surface area (Å²) in [5.74, 6) is -0.327. The van der Waals surface area contributed by atoms with Gasteiger partial charge in [0.1, 0.15) is 0 Å². The van der Waals surface area contributed by atoms with E-state index in [0.717, 1.165) is 25.8 Å². The third kappa shape index (κ3) is 8.73. The van der Waals surface area contributed by atoms with E-state index in [-0.39, 0.29) is 5.92 Å². The van der Waals surface area contributed by atoms with Gasteiger partial charge in [-0.2, -0.15) is 0 Å². The predicted octanol–water partition coefficient (Wildman–Crippen LogP) is 3.49. The third-order valence-electron chi connectivity index (χ3n) is 3.08. The monoisotopic (exact) mass is 282 g/mol. The fourth-order valence-electron chi connectivity index (χ4n) is 2.17. The number of hydrogen-bond donors (Lipinski definition) is 2. The average Bonchev–Trinajstić information content (AvgIpc) is 2.45. The molecule has 1 aliphatic heterocycles. The topological polar surface area (TPSA) is 61.7 Å². The van der Waals surface area contributed by atoms with E-state index < -0.39 is 5.97 Å². The molecule has 0 spiro atoms. The zero-order valence-electron chi connectivity index (χ0n) is 13.4. The molecule has 0 aliphatic carbocycles. The van der Waals surface area contributed by atoms with Gasteiger partial charge in [0.25, 0.3) is 0 Å². The summed E-state index contributed by atoms with van der Waals surface area (Å²) in [7, 11) is 0. The maximum absolute atomic E-state index is 11.1. The first-order valence-electron chi connectivity index (χ1n) is 7.72. The number of carboxylic acid groups (broad SMARTS) is 1. The number of nitrogens with zero attached hydrogens (tertiary/aromatic N) is 1. The number of carbonyl (C=O) groups is 1. The van der Waals surface area contributed by atoms with Crippen LogP contribution in [-0.2, 0) is 4.79 Å². The standard InChI is InChI=1S/C14H24N2O2.C2H6/c1-11(2)8-12-4-3-5-13(14(17)18)6-7-15-10-16-9-12;1-2/h4,10-11,13H,3,5-9H2,1-2H3,(H,15,16)(H,17,18);1-2H3/b12-4-;. The molecule has 0 saturated carbocycles. The van der Waals surface area contributed by atoms with Crippen molar-refractivity contribution in [3.63, 3.8) is 0 Å². The van der Waals surface area contributed by atoms with Crippen LogP contribution in [0.25, 0.3) is 0 Å². The molecule has 1 atom stereocenters. The van der Waals surface area contributed by atoms with E-state index in [1.807, 2.05) is 13.8 Å². The van der Waals surface area contributed by atoms with Crippen molar-refractivity contribution >= 4 is 12.3 Å². The van der Waals surface area contributed by atoms with E-state index in [4.69, 9.17) is 5.11 Å². The highest BCUT2D eigenvalue weighted by Gasteiger charge is 2.16. The van der Waals surface area contributed by atoms with Gasteiger partial charge in [0, 0.05) is 6.54 Å². The Labute approximate surface area is 123 Å². The molecule has 1 unspecified atom stereocenters. The second-order valence-electron chi connectivity index (χ2n) is 5.29.